The van der Waals surface area contributed by atoms with Gasteiger partial charge in [-0.25, -0.2) is 8.42 Å². The van der Waals surface area contributed by atoms with Crippen LogP contribution in [0.1, 0.15) is 12.8 Å². The lowest BCUT2D eigenvalue weighted by atomic mass is 10.3. The van der Waals surface area contributed by atoms with Crippen LogP contribution in [-0.2, 0) is 14.8 Å². The molecule has 1 amide bonds. The van der Waals surface area contributed by atoms with Crippen molar-refractivity contribution in [3.05, 3.63) is 57.6 Å². The first-order chi connectivity index (χ1) is 13.8. The Kier molecular flexibility index (Phi) is 6.36. The van der Waals surface area contributed by atoms with E-state index in [9.17, 15) is 23.3 Å². The van der Waals surface area contributed by atoms with Crippen LogP contribution in [0.2, 0.25) is 5.02 Å². The van der Waals surface area contributed by atoms with Crippen molar-refractivity contribution in [2.24, 2.45) is 0 Å². The number of nitrogens with one attached hydrogen (secondary N) is 1. The summed E-state index contributed by atoms with van der Waals surface area (Å²) in [7, 11) is -3.80. The number of carbonyl (C=O) groups excluding carboxylic acids is 1. The summed E-state index contributed by atoms with van der Waals surface area (Å²) >= 11 is 5.78. The molecule has 2 aromatic rings. The van der Waals surface area contributed by atoms with Crippen LogP contribution in [-0.4, -0.2) is 43.2 Å². The normalized spacial score (nSPS) is 14.5. The number of rotatable bonds is 7. The van der Waals surface area contributed by atoms with Crippen molar-refractivity contribution in [2.75, 3.05) is 25.0 Å². The van der Waals surface area contributed by atoms with Crippen LogP contribution in [0.4, 0.5) is 11.4 Å². The summed E-state index contributed by atoms with van der Waals surface area (Å²) < 4.78 is 31.8. The lowest BCUT2D eigenvalue weighted by molar-refractivity contribution is -0.386. The first-order valence-corrected chi connectivity index (χ1v) is 10.6. The highest BCUT2D eigenvalue weighted by Crippen LogP contribution is 2.31. The van der Waals surface area contributed by atoms with Crippen molar-refractivity contribution in [3.8, 4) is 5.75 Å². The molecule has 1 saturated heterocycles. The van der Waals surface area contributed by atoms with E-state index >= 15 is 0 Å². The molecule has 2 aromatic carbocycles. The third-order valence-corrected chi connectivity index (χ3v) is 6.46. The minimum Gasteiger partial charge on any atom is -0.477 e. The maximum absolute atomic E-state index is 12.6. The van der Waals surface area contributed by atoms with Crippen molar-refractivity contribution in [1.82, 2.24) is 4.31 Å². The number of ether oxygens (including phenoxy) is 1. The quantitative estimate of drug-likeness (QED) is 0.523. The molecule has 0 saturated carbocycles. The van der Waals surface area contributed by atoms with E-state index in [2.05, 4.69) is 5.32 Å². The Balaban J connectivity index is 1.73. The monoisotopic (exact) mass is 439 g/mol. The largest absolute Gasteiger partial charge is 0.477 e. The van der Waals surface area contributed by atoms with Crippen LogP contribution in [0, 0.1) is 10.1 Å². The molecular weight excluding hydrogens is 422 g/mol. The van der Waals surface area contributed by atoms with Crippen LogP contribution in [0.15, 0.2) is 47.4 Å². The molecule has 0 radical (unpaired) electrons. The molecule has 0 spiro atoms. The molecule has 29 heavy (non-hydrogen) atoms. The van der Waals surface area contributed by atoms with Crippen molar-refractivity contribution in [2.45, 2.75) is 17.7 Å². The predicted molar refractivity (Wildman–Crippen MR) is 107 cm³/mol. The molecule has 0 bridgehead atoms. The smallest absolute Gasteiger partial charge is 0.312 e. The third-order valence-electron chi connectivity index (χ3n) is 4.32. The summed E-state index contributed by atoms with van der Waals surface area (Å²) in [4.78, 5) is 22.5. The van der Waals surface area contributed by atoms with Crippen LogP contribution in [0.25, 0.3) is 0 Å². The van der Waals surface area contributed by atoms with Gasteiger partial charge in [0.1, 0.15) is 0 Å². The minimum absolute atomic E-state index is 0.177. The highest BCUT2D eigenvalue weighted by atomic mass is 35.5. The van der Waals surface area contributed by atoms with Gasteiger partial charge in [-0.05, 0) is 49.2 Å². The molecule has 0 aromatic heterocycles. The Morgan fingerprint density at radius 3 is 2.45 bits per heavy atom. The SMILES string of the molecule is O=C(COc1ccc(S(=O)(=O)N2CCCC2)cc1[N+](=O)[O-])Nc1ccc(Cl)cc1. The zero-order valence-electron chi connectivity index (χ0n) is 15.2. The summed E-state index contributed by atoms with van der Waals surface area (Å²) in [6.45, 7) is 0.292. The second kappa shape index (κ2) is 8.76. The van der Waals surface area contributed by atoms with Crippen molar-refractivity contribution in [3.63, 3.8) is 0 Å². The van der Waals surface area contributed by atoms with Crippen LogP contribution < -0.4 is 10.1 Å². The second-order valence-corrected chi connectivity index (χ2v) is 8.72. The zero-order chi connectivity index (χ0) is 21.0. The molecule has 1 aliphatic heterocycles. The van der Waals surface area contributed by atoms with Gasteiger partial charge in [-0.2, -0.15) is 4.31 Å². The summed E-state index contributed by atoms with van der Waals surface area (Å²) in [6, 6.07) is 9.79. The average molecular weight is 440 g/mol. The third kappa shape index (κ3) is 5.03. The molecule has 154 valence electrons. The Hall–Kier alpha value is -2.69. The molecule has 0 unspecified atom stereocenters. The number of hydrogen-bond acceptors (Lipinski definition) is 6. The molecule has 9 nitrogen and oxygen atoms in total. The van der Waals surface area contributed by atoms with Crippen LogP contribution in [0.5, 0.6) is 5.75 Å². The topological polar surface area (TPSA) is 119 Å². The Morgan fingerprint density at radius 1 is 1.17 bits per heavy atom. The van der Waals surface area contributed by atoms with E-state index in [-0.39, 0.29) is 10.6 Å². The number of amides is 1. The maximum Gasteiger partial charge on any atom is 0.312 e. The van der Waals surface area contributed by atoms with Crippen molar-refractivity contribution in [1.29, 1.82) is 0 Å². The number of nitro groups is 1. The highest BCUT2D eigenvalue weighted by molar-refractivity contribution is 7.89. The summed E-state index contributed by atoms with van der Waals surface area (Å²) in [5.74, 6) is -0.725. The maximum atomic E-state index is 12.6. The van der Waals surface area contributed by atoms with Gasteiger partial charge in [-0.15, -0.1) is 0 Å². The molecule has 0 atom stereocenters. The summed E-state index contributed by atoms with van der Waals surface area (Å²) in [5, 5.41) is 14.5. The van der Waals surface area contributed by atoms with Crippen LogP contribution >= 0.6 is 11.6 Å². The van der Waals surface area contributed by atoms with E-state index in [0.717, 1.165) is 18.9 Å². The first kappa shape index (κ1) is 21.0. The van der Waals surface area contributed by atoms with E-state index in [1.165, 1.54) is 16.4 Å². The highest BCUT2D eigenvalue weighted by Gasteiger charge is 2.30. The number of nitrogens with zero attached hydrogens (tertiary/aromatic N) is 2. The van der Waals surface area contributed by atoms with Gasteiger partial charge in [0, 0.05) is 29.9 Å². The Labute approximate surface area is 172 Å². The van der Waals surface area contributed by atoms with Gasteiger partial charge in [-0.1, -0.05) is 11.6 Å². The fourth-order valence-corrected chi connectivity index (χ4v) is 4.54. The van der Waals surface area contributed by atoms with Gasteiger partial charge in [0.15, 0.2) is 12.4 Å². The van der Waals surface area contributed by atoms with Gasteiger partial charge < -0.3 is 10.1 Å². The second-order valence-electron chi connectivity index (χ2n) is 6.34. The zero-order valence-corrected chi connectivity index (χ0v) is 16.8. The number of anilines is 1. The van der Waals surface area contributed by atoms with Crippen LogP contribution in [0.3, 0.4) is 0 Å². The summed E-state index contributed by atoms with van der Waals surface area (Å²) in [6.07, 6.45) is 1.51. The number of carbonyl (C=O) groups is 1. The van der Waals surface area contributed by atoms with E-state index in [1.54, 1.807) is 24.3 Å². The fourth-order valence-electron chi connectivity index (χ4n) is 2.87. The van der Waals surface area contributed by atoms with E-state index < -0.39 is 33.1 Å². The molecule has 3 rings (SSSR count). The fraction of sp³-hybridized carbons (Fsp3) is 0.278. The Bertz CT molecular complexity index is 1020. The van der Waals surface area contributed by atoms with E-state index in [0.29, 0.717) is 23.8 Å². The van der Waals surface area contributed by atoms with Gasteiger partial charge in [0.2, 0.25) is 10.0 Å². The molecule has 1 aliphatic rings. The van der Waals surface area contributed by atoms with Gasteiger partial charge in [-0.3, -0.25) is 14.9 Å². The van der Waals surface area contributed by atoms with Gasteiger partial charge >= 0.3 is 5.69 Å². The van der Waals surface area contributed by atoms with Gasteiger partial charge in [0.05, 0.1) is 9.82 Å². The number of sulfonamides is 1. The molecule has 1 fully saturated rings. The minimum atomic E-state index is -3.80. The van der Waals surface area contributed by atoms with E-state index in [4.69, 9.17) is 16.3 Å². The van der Waals surface area contributed by atoms with E-state index in [1.807, 2.05) is 0 Å². The first-order valence-electron chi connectivity index (χ1n) is 8.74. The average Bonchev–Trinajstić information content (AvgIpc) is 3.23. The lowest BCUT2D eigenvalue weighted by Gasteiger charge is -2.16. The van der Waals surface area contributed by atoms with Crippen molar-refractivity contribution < 1.29 is 22.9 Å². The standard InChI is InChI=1S/C18H18ClN3O6S/c19-13-3-5-14(6-4-13)20-18(23)12-28-17-8-7-15(11-16(17)22(24)25)29(26,27)21-9-1-2-10-21/h3-8,11H,1-2,9-10,12H2,(H,20,23). The molecule has 0 aliphatic carbocycles. The lowest BCUT2D eigenvalue weighted by Crippen LogP contribution is -2.28. The number of halogens is 1. The number of hydrogen-bond donors (Lipinski definition) is 1. The van der Waals surface area contributed by atoms with Crippen molar-refractivity contribution >= 4 is 38.9 Å². The molecule has 1 heterocycles. The summed E-state index contributed by atoms with van der Waals surface area (Å²) in [5.41, 5.74) is -0.0332. The number of benzene rings is 2. The molecular formula is C18H18ClN3O6S. The number of nitro benzene ring substituents is 1. The molecule has 11 heteroatoms. The van der Waals surface area contributed by atoms with Gasteiger partial charge in [0.25, 0.3) is 5.91 Å². The Morgan fingerprint density at radius 2 is 1.83 bits per heavy atom. The molecule has 1 N–H and O–H groups in total. The predicted octanol–water partition coefficient (Wildman–Crippen LogP) is 3.05.